The minimum Gasteiger partial charge on any atom is -0.328 e. The van der Waals surface area contributed by atoms with Crippen LogP contribution in [0.1, 0.15) is 12.8 Å². The van der Waals surface area contributed by atoms with E-state index in [9.17, 15) is 12.8 Å². The molecule has 4 nitrogen and oxygen atoms in total. The highest BCUT2D eigenvalue weighted by Crippen LogP contribution is 2.31. The molecule has 0 aromatic heterocycles. The number of rotatable bonds is 3. The van der Waals surface area contributed by atoms with Crippen molar-refractivity contribution in [1.29, 1.82) is 0 Å². The zero-order valence-corrected chi connectivity index (χ0v) is 11.5. The molecule has 0 saturated heterocycles. The van der Waals surface area contributed by atoms with E-state index in [1.54, 1.807) is 0 Å². The van der Waals surface area contributed by atoms with Crippen LogP contribution in [0.4, 0.5) is 4.39 Å². The molecule has 3 N–H and O–H groups in total. The van der Waals surface area contributed by atoms with Gasteiger partial charge in [-0.05, 0) is 25.0 Å². The predicted molar refractivity (Wildman–Crippen MR) is 67.7 cm³/mol. The first-order valence-corrected chi connectivity index (χ1v) is 7.46. The van der Waals surface area contributed by atoms with Gasteiger partial charge < -0.3 is 5.73 Å². The van der Waals surface area contributed by atoms with Gasteiger partial charge in [-0.3, -0.25) is 0 Å². The van der Waals surface area contributed by atoms with Crippen LogP contribution in [-0.4, -0.2) is 20.5 Å². The summed E-state index contributed by atoms with van der Waals surface area (Å²) in [5, 5.41) is -0.479. The molecule has 1 aromatic rings. The average molecular weight is 313 g/mol. The lowest BCUT2D eigenvalue weighted by Crippen LogP contribution is -2.50. The fraction of sp³-hybridized carbons (Fsp3) is 0.400. The van der Waals surface area contributed by atoms with Crippen molar-refractivity contribution in [2.75, 3.05) is 0 Å². The molecule has 1 aliphatic carbocycles. The molecule has 0 atom stereocenters. The topological polar surface area (TPSA) is 72.2 Å². The first kappa shape index (κ1) is 14.0. The second-order valence-corrected chi connectivity index (χ2v) is 6.71. The Labute approximate surface area is 114 Å². The fourth-order valence-corrected chi connectivity index (χ4v) is 4.27. The highest BCUT2D eigenvalue weighted by atomic mass is 35.5. The normalized spacial score (nSPS) is 23.8. The smallest absolute Gasteiger partial charge is 0.243 e. The van der Waals surface area contributed by atoms with Crippen molar-refractivity contribution in [3.63, 3.8) is 0 Å². The van der Waals surface area contributed by atoms with Gasteiger partial charge in [0.1, 0.15) is 10.7 Å². The van der Waals surface area contributed by atoms with E-state index in [4.69, 9.17) is 28.9 Å². The molecular weight excluding hydrogens is 302 g/mol. The van der Waals surface area contributed by atoms with Gasteiger partial charge in [-0.1, -0.05) is 23.2 Å². The van der Waals surface area contributed by atoms with Gasteiger partial charge in [-0.15, -0.1) is 0 Å². The number of hydrogen-bond acceptors (Lipinski definition) is 3. The quantitative estimate of drug-likeness (QED) is 0.895. The molecule has 0 spiro atoms. The zero-order valence-electron chi connectivity index (χ0n) is 9.16. The van der Waals surface area contributed by atoms with Gasteiger partial charge in [0.15, 0.2) is 0 Å². The van der Waals surface area contributed by atoms with Crippen molar-refractivity contribution in [1.82, 2.24) is 4.72 Å². The molecule has 2 rings (SSSR count). The Bertz CT molecular complexity index is 550. The summed E-state index contributed by atoms with van der Waals surface area (Å²) in [6, 6.07) is 1.61. The summed E-state index contributed by atoms with van der Waals surface area (Å²) < 4.78 is 39.5. The Morgan fingerprint density at radius 3 is 2.22 bits per heavy atom. The van der Waals surface area contributed by atoms with Crippen molar-refractivity contribution < 1.29 is 12.8 Å². The van der Waals surface area contributed by atoms with Crippen molar-refractivity contribution in [2.24, 2.45) is 5.73 Å². The molecule has 0 bridgehead atoms. The summed E-state index contributed by atoms with van der Waals surface area (Å²) in [5.41, 5.74) is 5.57. The maximum atomic E-state index is 13.0. The lowest BCUT2D eigenvalue weighted by atomic mass is 9.89. The first-order chi connectivity index (χ1) is 8.29. The monoisotopic (exact) mass is 312 g/mol. The second kappa shape index (κ2) is 4.94. The van der Waals surface area contributed by atoms with Gasteiger partial charge >= 0.3 is 0 Å². The van der Waals surface area contributed by atoms with E-state index in [-0.39, 0.29) is 27.0 Å². The largest absolute Gasteiger partial charge is 0.328 e. The van der Waals surface area contributed by atoms with E-state index >= 15 is 0 Å². The molecule has 100 valence electrons. The summed E-state index contributed by atoms with van der Waals surface area (Å²) in [7, 11) is -3.86. The molecule has 1 aliphatic rings. The van der Waals surface area contributed by atoms with Gasteiger partial charge in [0.2, 0.25) is 10.0 Å². The number of nitrogens with one attached hydrogen (secondary N) is 1. The zero-order chi connectivity index (χ0) is 13.5. The maximum absolute atomic E-state index is 13.0. The first-order valence-electron chi connectivity index (χ1n) is 5.22. The molecular formula is C10H11Cl2FN2O2S. The van der Waals surface area contributed by atoms with Crippen LogP contribution in [-0.2, 0) is 10.0 Å². The number of sulfonamides is 1. The van der Waals surface area contributed by atoms with Crippen LogP contribution < -0.4 is 10.5 Å². The molecule has 0 radical (unpaired) electrons. The molecule has 0 aliphatic heterocycles. The third-order valence-corrected chi connectivity index (χ3v) is 5.17. The van der Waals surface area contributed by atoms with E-state index in [2.05, 4.69) is 4.72 Å². The van der Waals surface area contributed by atoms with Crippen molar-refractivity contribution in [3.05, 3.63) is 28.0 Å². The van der Waals surface area contributed by atoms with Crippen molar-refractivity contribution in [2.45, 2.75) is 29.8 Å². The average Bonchev–Trinajstić information content (AvgIpc) is 2.11. The van der Waals surface area contributed by atoms with Crippen LogP contribution in [0, 0.1) is 5.82 Å². The van der Waals surface area contributed by atoms with Crippen molar-refractivity contribution in [3.8, 4) is 0 Å². The Hall–Kier alpha value is -0.400. The molecule has 8 heteroatoms. The third kappa shape index (κ3) is 2.78. The van der Waals surface area contributed by atoms with Crippen LogP contribution in [0.3, 0.4) is 0 Å². The Kier molecular flexibility index (Phi) is 3.85. The van der Waals surface area contributed by atoms with E-state index in [0.717, 1.165) is 12.1 Å². The third-order valence-electron chi connectivity index (χ3n) is 2.73. The Morgan fingerprint density at radius 2 is 1.78 bits per heavy atom. The van der Waals surface area contributed by atoms with Crippen LogP contribution in [0.25, 0.3) is 0 Å². The highest BCUT2D eigenvalue weighted by Gasteiger charge is 2.32. The summed E-state index contributed by atoms with van der Waals surface area (Å²) in [6.07, 6.45) is 1.13. The number of nitrogens with two attached hydrogens (primary N) is 1. The molecule has 0 unspecified atom stereocenters. The molecule has 1 saturated carbocycles. The standard InChI is InChI=1S/C10H11Cl2FN2O2S/c11-8-1-5(13)2-9(12)10(8)18(16,17)15-7-3-6(14)4-7/h1-2,6-7,15H,3-4,14H2. The lowest BCUT2D eigenvalue weighted by Gasteiger charge is -2.32. The minimum absolute atomic E-state index is 0.0110. The molecule has 0 amide bonds. The summed E-state index contributed by atoms with van der Waals surface area (Å²) >= 11 is 11.4. The minimum atomic E-state index is -3.86. The highest BCUT2D eigenvalue weighted by molar-refractivity contribution is 7.89. The SMILES string of the molecule is NC1CC(NS(=O)(=O)c2c(Cl)cc(F)cc2Cl)C1. The molecule has 1 aromatic carbocycles. The summed E-state index contributed by atoms with van der Waals surface area (Å²) in [6.45, 7) is 0. The van der Waals surface area contributed by atoms with Crippen LogP contribution >= 0.6 is 23.2 Å². The summed E-state index contributed by atoms with van der Waals surface area (Å²) in [5.74, 6) is -0.686. The molecule has 18 heavy (non-hydrogen) atoms. The van der Waals surface area contributed by atoms with Crippen LogP contribution in [0.5, 0.6) is 0 Å². The number of hydrogen-bond donors (Lipinski definition) is 2. The number of halogens is 3. The van der Waals surface area contributed by atoms with Crippen molar-refractivity contribution >= 4 is 33.2 Å². The van der Waals surface area contributed by atoms with Crippen LogP contribution in [0.15, 0.2) is 17.0 Å². The van der Waals surface area contributed by atoms with Crippen LogP contribution in [0.2, 0.25) is 10.0 Å². The van der Waals surface area contributed by atoms with E-state index < -0.39 is 15.8 Å². The van der Waals surface area contributed by atoms with Gasteiger partial charge in [-0.2, -0.15) is 0 Å². The second-order valence-electron chi connectivity index (χ2n) is 4.25. The van der Waals surface area contributed by atoms with E-state index in [0.29, 0.717) is 12.8 Å². The predicted octanol–water partition coefficient (Wildman–Crippen LogP) is 1.90. The van der Waals surface area contributed by atoms with Gasteiger partial charge in [0.05, 0.1) is 10.0 Å². The fourth-order valence-electron chi connectivity index (χ4n) is 1.82. The number of benzene rings is 1. The van der Waals surface area contributed by atoms with E-state index in [1.165, 1.54) is 0 Å². The molecule has 0 heterocycles. The maximum Gasteiger partial charge on any atom is 0.243 e. The Morgan fingerprint density at radius 1 is 1.28 bits per heavy atom. The van der Waals surface area contributed by atoms with Gasteiger partial charge in [-0.25, -0.2) is 17.5 Å². The van der Waals surface area contributed by atoms with Gasteiger partial charge in [0, 0.05) is 12.1 Å². The Balaban J connectivity index is 2.30. The lowest BCUT2D eigenvalue weighted by molar-refractivity contribution is 0.327. The summed E-state index contributed by atoms with van der Waals surface area (Å²) in [4.78, 5) is -0.298. The molecule has 1 fully saturated rings. The van der Waals surface area contributed by atoms with E-state index in [1.807, 2.05) is 0 Å². The van der Waals surface area contributed by atoms with Gasteiger partial charge in [0.25, 0.3) is 0 Å².